The van der Waals surface area contributed by atoms with Crippen LogP contribution in [0.3, 0.4) is 0 Å². The first-order valence-corrected chi connectivity index (χ1v) is 7.48. The zero-order chi connectivity index (χ0) is 13.1. The van der Waals surface area contributed by atoms with Crippen LogP contribution in [0.2, 0.25) is 10.0 Å². The number of halogens is 2. The molecule has 1 aromatic carbocycles. The lowest BCUT2D eigenvalue weighted by Crippen LogP contribution is -2.05. The average molecular weight is 300 g/mol. The average Bonchev–Trinajstić information content (AvgIpc) is 2.82. The lowest BCUT2D eigenvalue weighted by molar-refractivity contribution is 0.908. The van der Waals surface area contributed by atoms with Crippen LogP contribution in [0.5, 0.6) is 0 Å². The van der Waals surface area contributed by atoms with Gasteiger partial charge >= 0.3 is 0 Å². The summed E-state index contributed by atoms with van der Waals surface area (Å²) in [5.74, 6) is 0. The summed E-state index contributed by atoms with van der Waals surface area (Å²) in [6.45, 7) is 4.28. The molecule has 0 bridgehead atoms. The molecule has 0 spiro atoms. The van der Waals surface area contributed by atoms with Crippen LogP contribution in [-0.4, -0.2) is 0 Å². The van der Waals surface area contributed by atoms with Gasteiger partial charge in [0.15, 0.2) is 0 Å². The minimum Gasteiger partial charge on any atom is -0.375 e. The van der Waals surface area contributed by atoms with E-state index in [1.165, 1.54) is 9.75 Å². The van der Waals surface area contributed by atoms with E-state index in [0.29, 0.717) is 10.0 Å². The highest BCUT2D eigenvalue weighted by molar-refractivity contribution is 7.12. The molecule has 2 aromatic rings. The predicted molar refractivity (Wildman–Crippen MR) is 82.2 cm³/mol. The lowest BCUT2D eigenvalue weighted by Gasteiger charge is -2.16. The Morgan fingerprint density at radius 2 is 1.83 bits per heavy atom. The molecule has 0 saturated heterocycles. The van der Waals surface area contributed by atoms with Crippen molar-refractivity contribution in [3.63, 3.8) is 0 Å². The molecule has 0 aliphatic carbocycles. The summed E-state index contributed by atoms with van der Waals surface area (Å²) in [5, 5.41) is 4.69. The third kappa shape index (κ3) is 3.00. The van der Waals surface area contributed by atoms with Crippen molar-refractivity contribution in [2.24, 2.45) is 0 Å². The number of hydrogen-bond acceptors (Lipinski definition) is 2. The van der Waals surface area contributed by atoms with E-state index >= 15 is 0 Å². The molecular weight excluding hydrogens is 285 g/mol. The third-order valence-electron chi connectivity index (χ3n) is 2.78. The molecule has 18 heavy (non-hydrogen) atoms. The molecule has 1 unspecified atom stereocenters. The van der Waals surface area contributed by atoms with Gasteiger partial charge in [0.05, 0.1) is 21.8 Å². The molecule has 0 aliphatic heterocycles. The van der Waals surface area contributed by atoms with Crippen molar-refractivity contribution in [2.45, 2.75) is 26.3 Å². The van der Waals surface area contributed by atoms with Gasteiger partial charge in [0, 0.05) is 9.75 Å². The molecule has 0 amide bonds. The van der Waals surface area contributed by atoms with Gasteiger partial charge in [-0.3, -0.25) is 0 Å². The topological polar surface area (TPSA) is 12.0 Å². The van der Waals surface area contributed by atoms with E-state index < -0.39 is 0 Å². The van der Waals surface area contributed by atoms with Crippen LogP contribution in [-0.2, 0) is 6.42 Å². The fraction of sp³-hybridized carbons (Fsp3) is 0.286. The normalized spacial score (nSPS) is 12.4. The maximum absolute atomic E-state index is 6.15. The Morgan fingerprint density at radius 3 is 2.39 bits per heavy atom. The highest BCUT2D eigenvalue weighted by Gasteiger charge is 2.12. The van der Waals surface area contributed by atoms with E-state index in [9.17, 15) is 0 Å². The van der Waals surface area contributed by atoms with E-state index in [-0.39, 0.29) is 6.04 Å². The molecule has 96 valence electrons. The summed E-state index contributed by atoms with van der Waals surface area (Å²) in [4.78, 5) is 2.69. The molecule has 1 atom stereocenters. The second-order valence-electron chi connectivity index (χ2n) is 4.12. The van der Waals surface area contributed by atoms with Crippen LogP contribution in [0.4, 0.5) is 5.69 Å². The van der Waals surface area contributed by atoms with E-state index in [2.05, 4.69) is 31.3 Å². The quantitative estimate of drug-likeness (QED) is 0.753. The first kappa shape index (κ1) is 13.7. The molecule has 1 heterocycles. The molecule has 2 rings (SSSR count). The molecule has 0 aliphatic rings. The van der Waals surface area contributed by atoms with Crippen LogP contribution < -0.4 is 5.32 Å². The molecule has 0 fully saturated rings. The summed E-state index contributed by atoms with van der Waals surface area (Å²) in [7, 11) is 0. The van der Waals surface area contributed by atoms with Crippen molar-refractivity contribution in [2.75, 3.05) is 5.32 Å². The van der Waals surface area contributed by atoms with Crippen molar-refractivity contribution >= 4 is 40.2 Å². The van der Waals surface area contributed by atoms with Crippen molar-refractivity contribution in [3.05, 3.63) is 50.1 Å². The number of hydrogen-bond donors (Lipinski definition) is 1. The fourth-order valence-electron chi connectivity index (χ4n) is 1.74. The number of nitrogens with one attached hydrogen (secondary N) is 1. The largest absolute Gasteiger partial charge is 0.375 e. The van der Waals surface area contributed by atoms with Crippen molar-refractivity contribution in [1.29, 1.82) is 0 Å². The number of rotatable bonds is 4. The Bertz CT molecular complexity index is 516. The summed E-state index contributed by atoms with van der Waals surface area (Å²) in [6, 6.07) is 10.1. The molecule has 0 saturated carbocycles. The highest BCUT2D eigenvalue weighted by atomic mass is 35.5. The first-order valence-electron chi connectivity index (χ1n) is 5.91. The number of thiophene rings is 1. The summed E-state index contributed by atoms with van der Waals surface area (Å²) >= 11 is 14.1. The van der Waals surface area contributed by atoms with E-state index in [4.69, 9.17) is 23.2 Å². The molecule has 1 N–H and O–H groups in total. The first-order chi connectivity index (χ1) is 8.61. The van der Waals surface area contributed by atoms with Gasteiger partial charge in [-0.2, -0.15) is 0 Å². The predicted octanol–water partition coefficient (Wildman–Crippen LogP) is 5.79. The number of aryl methyl sites for hydroxylation is 1. The van der Waals surface area contributed by atoms with Crippen molar-refractivity contribution < 1.29 is 0 Å². The number of anilines is 1. The van der Waals surface area contributed by atoms with Crippen LogP contribution in [0, 0.1) is 0 Å². The summed E-state index contributed by atoms with van der Waals surface area (Å²) in [5.41, 5.74) is 0.805. The van der Waals surface area contributed by atoms with Gasteiger partial charge in [0.1, 0.15) is 0 Å². The van der Waals surface area contributed by atoms with Crippen LogP contribution in [0.1, 0.15) is 29.6 Å². The monoisotopic (exact) mass is 299 g/mol. The minimum absolute atomic E-state index is 0.202. The Hall–Kier alpha value is -0.700. The second kappa shape index (κ2) is 5.96. The Kier molecular flexibility index (Phi) is 4.55. The molecular formula is C14H15Cl2NS. The van der Waals surface area contributed by atoms with Crippen molar-refractivity contribution in [1.82, 2.24) is 0 Å². The molecule has 1 nitrogen and oxygen atoms in total. The maximum atomic E-state index is 6.15. The standard InChI is InChI=1S/C14H15Cl2NS/c1-3-10-7-8-13(18-10)9(2)17-14-11(15)5-4-6-12(14)16/h4-9,17H,3H2,1-2H3. The van der Waals surface area contributed by atoms with Gasteiger partial charge in [-0.1, -0.05) is 36.2 Å². The summed E-state index contributed by atoms with van der Waals surface area (Å²) < 4.78 is 0. The zero-order valence-electron chi connectivity index (χ0n) is 10.3. The van der Waals surface area contributed by atoms with Gasteiger partial charge in [-0.15, -0.1) is 11.3 Å². The van der Waals surface area contributed by atoms with E-state index in [1.807, 2.05) is 29.5 Å². The zero-order valence-corrected chi connectivity index (χ0v) is 12.7. The summed E-state index contributed by atoms with van der Waals surface area (Å²) in [6.07, 6.45) is 1.07. The van der Waals surface area contributed by atoms with Gasteiger partial charge in [0.2, 0.25) is 0 Å². The van der Waals surface area contributed by atoms with E-state index in [1.54, 1.807) is 0 Å². The van der Waals surface area contributed by atoms with Gasteiger partial charge < -0.3 is 5.32 Å². The van der Waals surface area contributed by atoms with Crippen LogP contribution in [0.15, 0.2) is 30.3 Å². The second-order valence-corrected chi connectivity index (χ2v) is 6.13. The highest BCUT2D eigenvalue weighted by Crippen LogP contribution is 2.34. The lowest BCUT2D eigenvalue weighted by atomic mass is 10.2. The Balaban J connectivity index is 2.18. The number of benzene rings is 1. The minimum atomic E-state index is 0.202. The fourth-order valence-corrected chi connectivity index (χ4v) is 3.20. The van der Waals surface area contributed by atoms with Gasteiger partial charge in [0.25, 0.3) is 0 Å². The smallest absolute Gasteiger partial charge is 0.0723 e. The Morgan fingerprint density at radius 1 is 1.17 bits per heavy atom. The van der Waals surface area contributed by atoms with Gasteiger partial charge in [-0.25, -0.2) is 0 Å². The third-order valence-corrected chi connectivity index (χ3v) is 4.82. The van der Waals surface area contributed by atoms with Crippen LogP contribution >= 0.6 is 34.5 Å². The SMILES string of the molecule is CCc1ccc(C(C)Nc2c(Cl)cccc2Cl)s1. The van der Waals surface area contributed by atoms with Gasteiger partial charge in [-0.05, 0) is 37.6 Å². The maximum Gasteiger partial charge on any atom is 0.0723 e. The van der Waals surface area contributed by atoms with E-state index in [0.717, 1.165) is 12.1 Å². The molecule has 4 heteroatoms. The van der Waals surface area contributed by atoms with Crippen LogP contribution in [0.25, 0.3) is 0 Å². The van der Waals surface area contributed by atoms with Crippen molar-refractivity contribution in [3.8, 4) is 0 Å². The Labute approximate surface area is 122 Å². The molecule has 0 radical (unpaired) electrons. The number of para-hydroxylation sites is 1. The molecule has 1 aromatic heterocycles.